The van der Waals surface area contributed by atoms with Gasteiger partial charge in [0.25, 0.3) is 11.8 Å². The lowest BCUT2D eigenvalue weighted by atomic mass is 9.99. The summed E-state index contributed by atoms with van der Waals surface area (Å²) in [7, 11) is 0. The molecule has 8 heteroatoms. The Labute approximate surface area is 226 Å². The molecule has 3 heterocycles. The van der Waals surface area contributed by atoms with Gasteiger partial charge in [0.1, 0.15) is 17.1 Å². The largest absolute Gasteiger partial charge is 0.494 e. The number of aryl methyl sites for hydroxylation is 1. The SMILES string of the molecule is CC[C@H](C)c1ccc(OCCCn2cc(/C=C3\C(=O)NC(=O)N(Cc4ccco4)C3=O)c3ccccc32)cc1. The molecule has 0 unspecified atom stereocenters. The quantitative estimate of drug-likeness (QED) is 0.159. The smallest absolute Gasteiger partial charge is 0.331 e. The molecule has 1 saturated heterocycles. The highest BCUT2D eigenvalue weighted by Gasteiger charge is 2.36. The number of nitrogens with one attached hydrogen (secondary N) is 1. The van der Waals surface area contributed by atoms with Gasteiger partial charge in [-0.25, -0.2) is 4.79 Å². The molecule has 5 rings (SSSR count). The summed E-state index contributed by atoms with van der Waals surface area (Å²) >= 11 is 0. The molecule has 1 aliphatic heterocycles. The number of aromatic nitrogens is 1. The predicted octanol–water partition coefficient (Wildman–Crippen LogP) is 5.88. The highest BCUT2D eigenvalue weighted by molar-refractivity contribution is 6.31. The van der Waals surface area contributed by atoms with Crippen LogP contribution in [0.2, 0.25) is 0 Å². The number of fused-ring (bicyclic) bond motifs is 1. The molecule has 200 valence electrons. The van der Waals surface area contributed by atoms with Gasteiger partial charge in [0, 0.05) is 29.2 Å². The third kappa shape index (κ3) is 5.65. The molecule has 1 aliphatic rings. The van der Waals surface area contributed by atoms with E-state index in [1.54, 1.807) is 18.2 Å². The lowest BCUT2D eigenvalue weighted by molar-refractivity contribution is -0.130. The van der Waals surface area contributed by atoms with Crippen LogP contribution in [0, 0.1) is 0 Å². The molecule has 2 aromatic heterocycles. The highest BCUT2D eigenvalue weighted by Crippen LogP contribution is 2.26. The van der Waals surface area contributed by atoms with E-state index < -0.39 is 17.8 Å². The zero-order valence-corrected chi connectivity index (χ0v) is 22.1. The molecule has 8 nitrogen and oxygen atoms in total. The van der Waals surface area contributed by atoms with E-state index >= 15 is 0 Å². The first-order chi connectivity index (χ1) is 18.9. The number of benzene rings is 2. The number of barbiturate groups is 1. The summed E-state index contributed by atoms with van der Waals surface area (Å²) in [4.78, 5) is 39.1. The van der Waals surface area contributed by atoms with E-state index in [1.807, 2.05) is 42.6 Å². The van der Waals surface area contributed by atoms with Crippen molar-refractivity contribution in [2.24, 2.45) is 0 Å². The van der Waals surface area contributed by atoms with Gasteiger partial charge in [-0.1, -0.05) is 44.2 Å². The molecule has 0 saturated carbocycles. The van der Waals surface area contributed by atoms with E-state index in [1.165, 1.54) is 11.8 Å². The highest BCUT2D eigenvalue weighted by atomic mass is 16.5. The number of carbonyl (C=O) groups is 3. The zero-order valence-electron chi connectivity index (χ0n) is 22.1. The van der Waals surface area contributed by atoms with Crippen molar-refractivity contribution >= 4 is 34.8 Å². The van der Waals surface area contributed by atoms with Crippen LogP contribution in [0.1, 0.15) is 49.5 Å². The average molecular weight is 526 g/mol. The van der Waals surface area contributed by atoms with E-state index in [-0.39, 0.29) is 12.1 Å². The van der Waals surface area contributed by atoms with Crippen molar-refractivity contribution in [3.05, 3.63) is 95.6 Å². The summed E-state index contributed by atoms with van der Waals surface area (Å²) in [6.45, 7) is 5.58. The molecule has 0 spiro atoms. The van der Waals surface area contributed by atoms with Crippen LogP contribution < -0.4 is 10.1 Å². The molecule has 0 bridgehead atoms. The Bertz CT molecular complexity index is 1520. The molecular formula is C31H31N3O5. The lowest BCUT2D eigenvalue weighted by Crippen LogP contribution is -2.53. The summed E-state index contributed by atoms with van der Waals surface area (Å²) in [5, 5.41) is 3.17. The third-order valence-corrected chi connectivity index (χ3v) is 7.07. The average Bonchev–Trinajstić information content (AvgIpc) is 3.59. The fraction of sp³-hybridized carbons (Fsp3) is 0.258. The molecule has 4 aromatic rings. The minimum Gasteiger partial charge on any atom is -0.494 e. The number of imide groups is 2. The van der Waals surface area contributed by atoms with E-state index in [0.717, 1.165) is 40.0 Å². The second-order valence-electron chi connectivity index (χ2n) is 9.66. The number of nitrogens with zero attached hydrogens (tertiary/aromatic N) is 2. The van der Waals surface area contributed by atoms with Gasteiger partial charge >= 0.3 is 6.03 Å². The Morgan fingerprint density at radius 2 is 1.82 bits per heavy atom. The second-order valence-corrected chi connectivity index (χ2v) is 9.66. The van der Waals surface area contributed by atoms with Crippen molar-refractivity contribution < 1.29 is 23.5 Å². The van der Waals surface area contributed by atoms with Crippen LogP contribution in [0.25, 0.3) is 17.0 Å². The van der Waals surface area contributed by atoms with E-state index in [4.69, 9.17) is 9.15 Å². The van der Waals surface area contributed by atoms with Gasteiger partial charge in [-0.2, -0.15) is 0 Å². The predicted molar refractivity (Wildman–Crippen MR) is 148 cm³/mol. The maximum Gasteiger partial charge on any atom is 0.331 e. The summed E-state index contributed by atoms with van der Waals surface area (Å²) in [5.41, 5.74) is 2.91. The normalized spacial score (nSPS) is 15.7. The topological polar surface area (TPSA) is 93.8 Å². The van der Waals surface area contributed by atoms with Crippen molar-refractivity contribution in [3.8, 4) is 5.75 Å². The molecule has 0 aliphatic carbocycles. The Balaban J connectivity index is 1.30. The fourth-order valence-corrected chi connectivity index (χ4v) is 4.68. The maximum atomic E-state index is 13.2. The number of rotatable bonds is 10. The van der Waals surface area contributed by atoms with E-state index in [9.17, 15) is 14.4 Å². The summed E-state index contributed by atoms with van der Waals surface area (Å²) in [6, 6.07) is 18.7. The van der Waals surface area contributed by atoms with Crippen molar-refractivity contribution in [2.45, 2.75) is 45.7 Å². The minimum absolute atomic E-state index is 0.0651. The van der Waals surface area contributed by atoms with Crippen LogP contribution >= 0.6 is 0 Å². The number of furan rings is 1. The lowest BCUT2D eigenvalue weighted by Gasteiger charge is -2.25. The van der Waals surface area contributed by atoms with Gasteiger partial charge in [-0.15, -0.1) is 0 Å². The van der Waals surface area contributed by atoms with Crippen LogP contribution in [0.3, 0.4) is 0 Å². The number of hydrogen-bond donors (Lipinski definition) is 1. The van der Waals surface area contributed by atoms with Gasteiger partial charge in [-0.05, 0) is 60.7 Å². The number of carbonyl (C=O) groups excluding carboxylic acids is 3. The van der Waals surface area contributed by atoms with Crippen LogP contribution in [0.15, 0.2) is 83.1 Å². The first kappa shape index (κ1) is 26.0. The molecule has 39 heavy (non-hydrogen) atoms. The van der Waals surface area contributed by atoms with Crippen LogP contribution in [-0.4, -0.2) is 33.9 Å². The first-order valence-corrected chi connectivity index (χ1v) is 13.2. The third-order valence-electron chi connectivity index (χ3n) is 7.07. The van der Waals surface area contributed by atoms with Crippen molar-refractivity contribution in [1.82, 2.24) is 14.8 Å². The van der Waals surface area contributed by atoms with Crippen molar-refractivity contribution in [2.75, 3.05) is 6.61 Å². The van der Waals surface area contributed by atoms with E-state index in [2.05, 4.69) is 35.9 Å². The molecule has 0 radical (unpaired) electrons. The Morgan fingerprint density at radius 1 is 1.03 bits per heavy atom. The monoisotopic (exact) mass is 525 g/mol. The molecular weight excluding hydrogens is 494 g/mol. The van der Waals surface area contributed by atoms with Gasteiger partial charge in [0.05, 0.1) is 19.4 Å². The van der Waals surface area contributed by atoms with E-state index in [0.29, 0.717) is 24.8 Å². The maximum absolute atomic E-state index is 13.2. The molecule has 4 amide bonds. The molecule has 1 fully saturated rings. The van der Waals surface area contributed by atoms with Crippen LogP contribution in [0.5, 0.6) is 5.75 Å². The number of para-hydroxylation sites is 1. The Morgan fingerprint density at radius 3 is 2.56 bits per heavy atom. The van der Waals surface area contributed by atoms with Crippen LogP contribution in [-0.2, 0) is 22.7 Å². The number of urea groups is 1. The minimum atomic E-state index is -0.768. The zero-order chi connectivity index (χ0) is 27.4. The van der Waals surface area contributed by atoms with Gasteiger partial charge in [0.2, 0.25) is 0 Å². The van der Waals surface area contributed by atoms with Gasteiger partial charge in [-0.3, -0.25) is 19.8 Å². The number of amides is 4. The molecule has 2 aromatic carbocycles. The summed E-state index contributed by atoms with van der Waals surface area (Å²) in [6.07, 6.45) is 6.81. The molecule has 1 atom stereocenters. The van der Waals surface area contributed by atoms with Crippen molar-refractivity contribution in [3.63, 3.8) is 0 Å². The summed E-state index contributed by atoms with van der Waals surface area (Å²) < 4.78 is 13.3. The number of hydrogen-bond acceptors (Lipinski definition) is 5. The first-order valence-electron chi connectivity index (χ1n) is 13.2. The number of ether oxygens (including phenoxy) is 1. The van der Waals surface area contributed by atoms with Gasteiger partial charge in [0.15, 0.2) is 0 Å². The standard InChI is InChI=1S/C31H31N3O5/c1-3-21(2)22-11-13-24(14-12-22)38-17-7-15-33-19-23(26-9-4-5-10-28(26)33)18-27-29(35)32-31(37)34(30(27)36)20-25-8-6-16-39-25/h4-6,8-14,16,18-19,21H,3,7,15,17,20H2,1-2H3,(H,32,35,37)/b27-18+/t21-/m0/s1. The summed E-state index contributed by atoms with van der Waals surface area (Å²) in [5.74, 6) is 0.438. The Kier molecular flexibility index (Phi) is 7.63. The Hall–Kier alpha value is -4.59. The molecule has 1 N–H and O–H groups in total. The van der Waals surface area contributed by atoms with Crippen LogP contribution in [0.4, 0.5) is 4.79 Å². The van der Waals surface area contributed by atoms with Gasteiger partial charge < -0.3 is 13.7 Å². The second kappa shape index (κ2) is 11.4. The van der Waals surface area contributed by atoms with Crippen molar-refractivity contribution in [1.29, 1.82) is 0 Å². The fourth-order valence-electron chi connectivity index (χ4n) is 4.68.